The third-order valence-corrected chi connectivity index (χ3v) is 16.2. The van der Waals surface area contributed by atoms with E-state index in [0.29, 0.717) is 35.4 Å². The Hall–Kier alpha value is -3.51. The number of hydrogen-bond acceptors (Lipinski definition) is 20. The zero-order chi connectivity index (χ0) is 55.5. The molecule has 0 radical (unpaired) electrons. The number of aliphatic hydroxyl groups is 5. The van der Waals surface area contributed by atoms with Gasteiger partial charge >= 0.3 is 17.9 Å². The van der Waals surface area contributed by atoms with E-state index in [2.05, 4.69) is 0 Å². The summed E-state index contributed by atoms with van der Waals surface area (Å²) in [6.45, 7) is 19.1. The number of methoxy groups -OCH3 is 2. The normalized spacial score (nSPS) is 39.2. The molecule has 0 aliphatic carbocycles. The summed E-state index contributed by atoms with van der Waals surface area (Å²) in [6, 6.07) is -1.11. The molecular formula is C54H88N2O18. The number of esters is 3. The highest BCUT2D eigenvalue weighted by atomic mass is 16.7. The molecule has 1 aromatic carbocycles. The fourth-order valence-corrected chi connectivity index (χ4v) is 11.5. The maximum atomic E-state index is 14.3. The van der Waals surface area contributed by atoms with Gasteiger partial charge in [-0.15, -0.1) is 0 Å². The molecule has 1 aromatic rings. The summed E-state index contributed by atoms with van der Waals surface area (Å²) < 4.78 is 55.1. The summed E-state index contributed by atoms with van der Waals surface area (Å²) in [5.41, 5.74) is -2.33. The number of hydrogen-bond donors (Lipinski definition) is 6. The van der Waals surface area contributed by atoms with Gasteiger partial charge < -0.3 is 83.1 Å². The highest BCUT2D eigenvalue weighted by molar-refractivity contribution is 5.98. The first kappa shape index (κ1) is 61.3. The largest absolute Gasteiger partial charge is 0.507 e. The number of nitrogens with zero attached hydrogens (tertiary/aromatic N) is 2. The van der Waals surface area contributed by atoms with E-state index in [9.17, 15) is 45.0 Å². The molecule has 5 rings (SSSR count). The first-order valence-corrected chi connectivity index (χ1v) is 26.1. The zero-order valence-corrected chi connectivity index (χ0v) is 46.6. The van der Waals surface area contributed by atoms with Crippen LogP contribution in [0.3, 0.4) is 0 Å². The monoisotopic (exact) mass is 1050 g/mol. The van der Waals surface area contributed by atoms with Crippen LogP contribution in [0.4, 0.5) is 0 Å². The number of benzene rings is 1. The van der Waals surface area contributed by atoms with E-state index in [-0.39, 0.29) is 62.4 Å². The van der Waals surface area contributed by atoms with Gasteiger partial charge in [0.05, 0.1) is 42.7 Å². The summed E-state index contributed by atoms with van der Waals surface area (Å²) in [7, 11) is 8.41. The van der Waals surface area contributed by atoms with Gasteiger partial charge in [0.2, 0.25) is 0 Å². The Morgan fingerprint density at radius 2 is 1.61 bits per heavy atom. The van der Waals surface area contributed by atoms with Crippen LogP contribution in [0, 0.1) is 18.8 Å². The lowest BCUT2D eigenvalue weighted by atomic mass is 9.79. The van der Waals surface area contributed by atoms with Gasteiger partial charge in [-0.1, -0.05) is 32.4 Å². The Labute approximate surface area is 437 Å². The number of ether oxygens (including phenoxy) is 9. The predicted octanol–water partition coefficient (Wildman–Crippen LogP) is 3.84. The van der Waals surface area contributed by atoms with Gasteiger partial charge in [-0.2, -0.15) is 0 Å². The molecule has 6 N–H and O–H groups in total. The summed E-state index contributed by atoms with van der Waals surface area (Å²) in [5.74, 6) is -3.53. The van der Waals surface area contributed by atoms with Gasteiger partial charge in [-0.25, -0.2) is 9.59 Å². The van der Waals surface area contributed by atoms with Gasteiger partial charge in [0.1, 0.15) is 53.7 Å². The van der Waals surface area contributed by atoms with E-state index >= 15 is 0 Å². The fourth-order valence-electron chi connectivity index (χ4n) is 11.5. The van der Waals surface area contributed by atoms with Crippen molar-refractivity contribution in [2.75, 3.05) is 41.9 Å². The lowest BCUT2D eigenvalue weighted by molar-refractivity contribution is -0.321. The van der Waals surface area contributed by atoms with E-state index in [1.165, 1.54) is 21.1 Å². The number of phenolic OH excluding ortho intramolecular Hbond substituents is 1. The van der Waals surface area contributed by atoms with Crippen LogP contribution in [-0.2, 0) is 60.5 Å². The second-order valence-electron chi connectivity index (χ2n) is 22.5. The minimum atomic E-state index is -2.10. The van der Waals surface area contributed by atoms with Crippen molar-refractivity contribution < 1.29 is 87.7 Å². The quantitative estimate of drug-likeness (QED) is 0.0879. The van der Waals surface area contributed by atoms with Gasteiger partial charge in [-0.3, -0.25) is 4.79 Å². The van der Waals surface area contributed by atoms with Crippen molar-refractivity contribution >= 4 is 17.9 Å². The van der Waals surface area contributed by atoms with E-state index in [1.807, 2.05) is 50.7 Å². The fraction of sp³-hybridized carbons (Fsp3) is 0.796. The second kappa shape index (κ2) is 24.9. The van der Waals surface area contributed by atoms with Gasteiger partial charge in [-0.05, 0) is 120 Å². The van der Waals surface area contributed by atoms with Gasteiger partial charge in [0.25, 0.3) is 0 Å². The van der Waals surface area contributed by atoms with Crippen molar-refractivity contribution in [1.82, 2.24) is 9.80 Å². The summed E-state index contributed by atoms with van der Waals surface area (Å²) >= 11 is 0. The Kier molecular flexibility index (Phi) is 20.6. The molecule has 0 amide bonds. The average molecular weight is 1050 g/mol. The molecule has 0 bridgehead atoms. The van der Waals surface area contributed by atoms with Crippen LogP contribution in [0.2, 0.25) is 0 Å². The molecule has 4 heterocycles. The molecule has 0 spiro atoms. The average Bonchev–Trinajstić information content (AvgIpc) is 3.73. The smallest absolute Gasteiger partial charge is 0.342 e. The highest BCUT2D eigenvalue weighted by Gasteiger charge is 2.54. The predicted molar refractivity (Wildman–Crippen MR) is 270 cm³/mol. The first-order valence-electron chi connectivity index (χ1n) is 26.1. The Balaban J connectivity index is 1.51. The highest BCUT2D eigenvalue weighted by Crippen LogP contribution is 2.43. The van der Waals surface area contributed by atoms with Crippen LogP contribution in [0.15, 0.2) is 11.6 Å². The third kappa shape index (κ3) is 13.4. The Morgan fingerprint density at radius 3 is 2.22 bits per heavy atom. The third-order valence-electron chi connectivity index (χ3n) is 16.2. The lowest BCUT2D eigenvalue weighted by Crippen LogP contribution is -2.62. The molecule has 3 fully saturated rings. The van der Waals surface area contributed by atoms with Crippen LogP contribution >= 0.6 is 0 Å². The van der Waals surface area contributed by atoms with Crippen LogP contribution in [0.1, 0.15) is 135 Å². The summed E-state index contributed by atoms with van der Waals surface area (Å²) in [5, 5.41) is 70.9. The van der Waals surface area contributed by atoms with E-state index < -0.39 is 120 Å². The van der Waals surface area contributed by atoms with Crippen molar-refractivity contribution in [2.24, 2.45) is 11.8 Å². The molecule has 0 aromatic heterocycles. The minimum Gasteiger partial charge on any atom is -0.507 e. The van der Waals surface area contributed by atoms with Crippen LogP contribution < -0.4 is 4.74 Å². The Bertz CT molecular complexity index is 2130. The van der Waals surface area contributed by atoms with Crippen molar-refractivity contribution in [2.45, 2.75) is 224 Å². The minimum absolute atomic E-state index is 0.0388. The lowest BCUT2D eigenvalue weighted by Gasteiger charge is -2.49. The number of allylic oxidation sites excluding steroid dienone is 2. The van der Waals surface area contributed by atoms with Crippen molar-refractivity contribution in [3.05, 3.63) is 33.9 Å². The van der Waals surface area contributed by atoms with Crippen molar-refractivity contribution in [1.29, 1.82) is 0 Å². The molecule has 0 saturated carbocycles. The number of carbonyl (C=O) groups excluding carboxylic acids is 3. The number of aromatic hydroxyl groups is 1. The molecule has 74 heavy (non-hydrogen) atoms. The number of aliphatic hydroxyl groups excluding tert-OH is 3. The molecule has 18 atom stereocenters. The number of likely N-dealkylation sites (N-methyl/N-ethyl adjacent to an activating group) is 2. The topological polar surface area (TPSA) is 262 Å². The molecule has 20 nitrogen and oxygen atoms in total. The maximum absolute atomic E-state index is 14.3. The van der Waals surface area contributed by atoms with Gasteiger partial charge in [0, 0.05) is 49.6 Å². The molecule has 1 unspecified atom stereocenters. The van der Waals surface area contributed by atoms with Crippen LogP contribution in [0.5, 0.6) is 11.5 Å². The van der Waals surface area contributed by atoms with Crippen molar-refractivity contribution in [3.8, 4) is 11.5 Å². The van der Waals surface area contributed by atoms with Crippen LogP contribution in [0.25, 0.3) is 0 Å². The Morgan fingerprint density at radius 1 is 0.946 bits per heavy atom. The summed E-state index contributed by atoms with van der Waals surface area (Å²) in [4.78, 5) is 44.7. The number of cyclic esters (lactones) is 2. The van der Waals surface area contributed by atoms with Gasteiger partial charge in [0.15, 0.2) is 24.8 Å². The molecule has 4 aliphatic heterocycles. The molecule has 3 saturated heterocycles. The first-order chi connectivity index (χ1) is 34.4. The number of phenols is 1. The van der Waals surface area contributed by atoms with E-state index in [4.69, 9.17) is 42.6 Å². The maximum Gasteiger partial charge on any atom is 0.342 e. The molecular weight excluding hydrogens is 965 g/mol. The number of fused-ring (bicyclic) bond motifs is 1. The molecule has 4 aliphatic rings. The van der Waals surface area contributed by atoms with E-state index in [0.717, 1.165) is 5.57 Å². The zero-order valence-electron chi connectivity index (χ0n) is 46.6. The molecule has 20 heteroatoms. The number of carbonyl (C=O) groups is 3. The van der Waals surface area contributed by atoms with Crippen molar-refractivity contribution in [3.63, 3.8) is 0 Å². The summed E-state index contributed by atoms with van der Waals surface area (Å²) in [6.07, 6.45) is -10.8. The standard InChI is InChI=1S/C54H88N2O18/c1-17-37-54(11,65)46(60)32(7)56(14)25-28(3)23-52(9,64)48(31(6)44(42(59)50(63)71-37)73-39-24-53(10,67-16)47(61)33(8)70-39)74-51-45(36(55(12)13)22-29(4)69-51)72-38(57)21-19-27(2)18-20-34-41(58)40-35(26-68-49(40)62)30(5)43(34)66-15/h18,28-29,31-33,36-37,39,42,44-48,51,58-61,64-65H,17,19-26H2,1-16H3/b27-18+/t28-,29-,31+,32-,33+,36?,37-,39+,42-,44+,45-,46-,47+,48-,51+,52-,53-,54-/m1/s1. The number of rotatable bonds is 14. The second-order valence-corrected chi connectivity index (χ2v) is 22.5. The van der Waals surface area contributed by atoms with Crippen LogP contribution in [-0.4, -0.2) is 197 Å². The SMILES string of the molecule is CC[C@H]1OC(=O)[C@H](O)[C@@H](O[C@H]2C[C@@](C)(OC)[C@@H](O)[C@H](C)O2)[C@H](C)[C@@H](O[C@@H]2O[C@H](C)CC(N(C)C)[C@H]2OC(=O)CC/C(C)=C/Cc2c(O)c3c(c(C)c2OC)COC3=O)[C@](C)(O)C[C@@H](C)CN(C)[C@H](C)[C@@H](O)[C@]1(C)O. The van der Waals surface area contributed by atoms with E-state index in [1.54, 1.807) is 55.5 Å². The molecule has 422 valence electrons.